The van der Waals surface area contributed by atoms with Crippen molar-refractivity contribution in [3.63, 3.8) is 0 Å². The fraction of sp³-hybridized carbons (Fsp3) is 0.848. The Morgan fingerprint density at radius 2 is 1.63 bits per heavy atom. The van der Waals surface area contributed by atoms with Gasteiger partial charge in [-0.05, 0) is 122 Å². The van der Waals surface area contributed by atoms with Gasteiger partial charge in [-0.1, -0.05) is 52.8 Å². The number of hydrogen-bond acceptors (Lipinski definition) is 2. The predicted octanol–water partition coefficient (Wildman–Crippen LogP) is 8.41. The number of fused-ring (bicyclic) bond motifs is 7. The Labute approximate surface area is 215 Å². The molecule has 5 aliphatic carbocycles. The SMILES string of the molecule is C=CCO[C@H]1CC[C@]2(C)[C@H]3CC[C@@H]4[C@H]5[C@H](C(=C)C)CC[C@]5(C=O)CC[C@@]4(C)[C@]3(C)CC[C@H]2C1(C)C. The molecule has 0 saturated heterocycles. The van der Waals surface area contributed by atoms with Crippen LogP contribution in [0, 0.1) is 56.7 Å². The first kappa shape index (κ1) is 25.7. The highest BCUT2D eigenvalue weighted by Gasteiger charge is 2.70. The van der Waals surface area contributed by atoms with Crippen molar-refractivity contribution in [2.75, 3.05) is 6.61 Å². The summed E-state index contributed by atoms with van der Waals surface area (Å²) >= 11 is 0. The number of hydrogen-bond donors (Lipinski definition) is 0. The van der Waals surface area contributed by atoms with E-state index in [2.05, 4.69) is 54.7 Å². The Bertz CT molecular complexity index is 888. The van der Waals surface area contributed by atoms with Crippen LogP contribution in [-0.4, -0.2) is 19.0 Å². The van der Waals surface area contributed by atoms with E-state index in [9.17, 15) is 4.79 Å². The summed E-state index contributed by atoms with van der Waals surface area (Å²) in [7, 11) is 0. The van der Waals surface area contributed by atoms with Crippen molar-refractivity contribution in [1.29, 1.82) is 0 Å². The second-order valence-corrected chi connectivity index (χ2v) is 15.0. The number of carbonyl (C=O) groups excluding carboxylic acids is 1. The molecule has 2 heteroatoms. The van der Waals surface area contributed by atoms with Crippen LogP contribution < -0.4 is 0 Å². The lowest BCUT2D eigenvalue weighted by atomic mass is 9.32. The van der Waals surface area contributed by atoms with E-state index in [1.165, 1.54) is 63.2 Å². The lowest BCUT2D eigenvalue weighted by Gasteiger charge is -2.72. The summed E-state index contributed by atoms with van der Waals surface area (Å²) in [6.45, 7) is 24.2. The molecule has 0 bridgehead atoms. The summed E-state index contributed by atoms with van der Waals surface area (Å²) in [6.07, 6.45) is 16.0. The Hall–Kier alpha value is -0.890. The molecule has 35 heavy (non-hydrogen) atoms. The Morgan fingerprint density at radius 3 is 2.29 bits per heavy atom. The van der Waals surface area contributed by atoms with Gasteiger partial charge in [-0.15, -0.1) is 6.58 Å². The molecule has 10 atom stereocenters. The zero-order valence-electron chi connectivity index (χ0n) is 23.6. The van der Waals surface area contributed by atoms with Gasteiger partial charge in [0, 0.05) is 5.41 Å². The van der Waals surface area contributed by atoms with E-state index in [0.29, 0.717) is 52.6 Å². The molecule has 0 aromatic carbocycles. The van der Waals surface area contributed by atoms with E-state index >= 15 is 0 Å². The molecule has 0 heterocycles. The second kappa shape index (κ2) is 8.31. The third-order valence-electron chi connectivity index (χ3n) is 13.7. The first-order valence-electron chi connectivity index (χ1n) is 14.8. The molecule has 196 valence electrons. The lowest BCUT2D eigenvalue weighted by Crippen LogP contribution is -2.66. The van der Waals surface area contributed by atoms with Crippen molar-refractivity contribution in [2.45, 2.75) is 112 Å². The minimum Gasteiger partial charge on any atom is -0.374 e. The maximum atomic E-state index is 12.6. The Morgan fingerprint density at radius 1 is 0.886 bits per heavy atom. The summed E-state index contributed by atoms with van der Waals surface area (Å²) in [5.74, 6) is 3.19. The summed E-state index contributed by atoms with van der Waals surface area (Å²) in [6, 6.07) is 0. The molecule has 0 radical (unpaired) electrons. The third kappa shape index (κ3) is 3.26. The number of carbonyl (C=O) groups is 1. The average Bonchev–Trinajstić information content (AvgIpc) is 3.19. The molecule has 2 nitrogen and oxygen atoms in total. The molecule has 0 spiro atoms. The first-order valence-corrected chi connectivity index (χ1v) is 14.8. The normalized spacial score (nSPS) is 52.4. The summed E-state index contributed by atoms with van der Waals surface area (Å²) < 4.78 is 6.35. The fourth-order valence-electron chi connectivity index (χ4n) is 11.9. The van der Waals surface area contributed by atoms with Gasteiger partial charge in [-0.2, -0.15) is 0 Å². The summed E-state index contributed by atoms with van der Waals surface area (Å²) in [4.78, 5) is 12.6. The zero-order chi connectivity index (χ0) is 25.4. The van der Waals surface area contributed by atoms with Crippen molar-refractivity contribution in [3.8, 4) is 0 Å². The van der Waals surface area contributed by atoms with Crippen LogP contribution in [0.5, 0.6) is 0 Å². The molecule has 0 unspecified atom stereocenters. The van der Waals surface area contributed by atoms with E-state index in [4.69, 9.17) is 4.74 Å². The fourth-order valence-corrected chi connectivity index (χ4v) is 11.9. The van der Waals surface area contributed by atoms with E-state index in [1.54, 1.807) is 0 Å². The number of allylic oxidation sites excluding steroid dienone is 1. The molecule has 0 aromatic rings. The van der Waals surface area contributed by atoms with Gasteiger partial charge >= 0.3 is 0 Å². The van der Waals surface area contributed by atoms with Crippen LogP contribution in [0.4, 0.5) is 0 Å². The number of ether oxygens (including phenoxy) is 1. The predicted molar refractivity (Wildman–Crippen MR) is 145 cm³/mol. The number of rotatable bonds is 5. The maximum absolute atomic E-state index is 12.6. The molecule has 0 amide bonds. The van der Waals surface area contributed by atoms with Gasteiger partial charge in [0.15, 0.2) is 0 Å². The molecule has 0 aromatic heterocycles. The van der Waals surface area contributed by atoms with E-state index in [-0.39, 0.29) is 10.8 Å². The average molecular weight is 481 g/mol. The van der Waals surface area contributed by atoms with Crippen molar-refractivity contribution in [1.82, 2.24) is 0 Å². The molecule has 5 aliphatic rings. The van der Waals surface area contributed by atoms with Gasteiger partial charge in [0.2, 0.25) is 0 Å². The van der Waals surface area contributed by atoms with Crippen LogP contribution in [0.3, 0.4) is 0 Å². The molecule has 5 fully saturated rings. The largest absolute Gasteiger partial charge is 0.374 e. The van der Waals surface area contributed by atoms with Gasteiger partial charge in [0.25, 0.3) is 0 Å². The maximum Gasteiger partial charge on any atom is 0.126 e. The van der Waals surface area contributed by atoms with Gasteiger partial charge in [-0.3, -0.25) is 0 Å². The molecule has 5 rings (SSSR count). The van der Waals surface area contributed by atoms with Crippen molar-refractivity contribution in [2.24, 2.45) is 56.7 Å². The van der Waals surface area contributed by atoms with Crippen molar-refractivity contribution >= 4 is 6.29 Å². The van der Waals surface area contributed by atoms with Crippen LogP contribution in [0.1, 0.15) is 106 Å². The van der Waals surface area contributed by atoms with Gasteiger partial charge in [0.05, 0.1) is 12.7 Å². The van der Waals surface area contributed by atoms with E-state index in [1.807, 2.05) is 6.08 Å². The second-order valence-electron chi connectivity index (χ2n) is 15.0. The van der Waals surface area contributed by atoms with Crippen LogP contribution in [0.15, 0.2) is 24.8 Å². The van der Waals surface area contributed by atoms with Crippen LogP contribution in [-0.2, 0) is 9.53 Å². The minimum atomic E-state index is -0.0827. The highest BCUT2D eigenvalue weighted by Crippen LogP contribution is 2.77. The van der Waals surface area contributed by atoms with Crippen LogP contribution in [0.2, 0.25) is 0 Å². The van der Waals surface area contributed by atoms with Gasteiger partial charge in [0.1, 0.15) is 6.29 Å². The Kier molecular flexibility index (Phi) is 6.11. The highest BCUT2D eigenvalue weighted by molar-refractivity contribution is 5.62. The Balaban J connectivity index is 1.50. The van der Waals surface area contributed by atoms with E-state index in [0.717, 1.165) is 18.8 Å². The molecule has 5 saturated carbocycles. The standard InChI is InChI=1S/C33H52O2/c1-9-20-35-27-14-15-30(6)25(29(27,4)5)13-16-32(8)26(30)11-10-24-28-23(22(2)3)12-17-33(28,21-34)19-18-31(24,32)7/h9,21,23-28H,1-2,10-20H2,3-8H3/t23-,24+,25-,26+,27-,28+,30-,31+,32+,33+/m0/s1. The minimum absolute atomic E-state index is 0.0827. The quantitative estimate of drug-likeness (QED) is 0.291. The smallest absolute Gasteiger partial charge is 0.126 e. The monoisotopic (exact) mass is 480 g/mol. The van der Waals surface area contributed by atoms with Gasteiger partial charge in [-0.25, -0.2) is 0 Å². The first-order chi connectivity index (χ1) is 16.4. The van der Waals surface area contributed by atoms with Crippen LogP contribution in [0.25, 0.3) is 0 Å². The summed E-state index contributed by atoms with van der Waals surface area (Å²) in [5, 5.41) is 0. The highest BCUT2D eigenvalue weighted by atomic mass is 16.5. The molecular weight excluding hydrogens is 428 g/mol. The topological polar surface area (TPSA) is 26.3 Å². The molecule has 0 aliphatic heterocycles. The number of aldehydes is 1. The van der Waals surface area contributed by atoms with Gasteiger partial charge < -0.3 is 9.53 Å². The molecular formula is C33H52O2. The van der Waals surface area contributed by atoms with Crippen LogP contribution >= 0.6 is 0 Å². The van der Waals surface area contributed by atoms with E-state index < -0.39 is 0 Å². The molecule has 0 N–H and O–H groups in total. The zero-order valence-corrected chi connectivity index (χ0v) is 23.6. The van der Waals surface area contributed by atoms with Crippen molar-refractivity contribution in [3.05, 3.63) is 24.8 Å². The van der Waals surface area contributed by atoms with Crippen molar-refractivity contribution < 1.29 is 9.53 Å². The summed E-state index contributed by atoms with van der Waals surface area (Å²) in [5.41, 5.74) is 2.49. The lowest BCUT2D eigenvalue weighted by molar-refractivity contribution is -0.248. The third-order valence-corrected chi connectivity index (χ3v) is 13.7.